The van der Waals surface area contributed by atoms with E-state index in [0.717, 1.165) is 11.6 Å². The molecule has 0 amide bonds. The second-order valence-corrected chi connectivity index (χ2v) is 5.52. The number of fused-ring (bicyclic) bond motifs is 2. The molecule has 3 heterocycles. The van der Waals surface area contributed by atoms with Gasteiger partial charge in [-0.15, -0.1) is 0 Å². The van der Waals surface area contributed by atoms with E-state index in [1.807, 2.05) is 19.9 Å². The van der Waals surface area contributed by atoms with Gasteiger partial charge >= 0.3 is 0 Å². The van der Waals surface area contributed by atoms with Crippen LogP contribution in [0.2, 0.25) is 0 Å². The van der Waals surface area contributed by atoms with Crippen molar-refractivity contribution in [3.8, 4) is 5.88 Å². The van der Waals surface area contributed by atoms with E-state index in [9.17, 15) is 0 Å². The number of nitrogens with one attached hydrogen (secondary N) is 2. The molecule has 5 heteroatoms. The molecule has 0 saturated carbocycles. The average Bonchev–Trinajstić information content (AvgIpc) is 2.68. The summed E-state index contributed by atoms with van der Waals surface area (Å²) in [6.07, 6.45) is 5.00. The predicted molar refractivity (Wildman–Crippen MR) is 74.5 cm³/mol. The molecule has 2 N–H and O–H groups in total. The molecule has 5 nitrogen and oxygen atoms in total. The summed E-state index contributed by atoms with van der Waals surface area (Å²) in [6.45, 7) is 4.50. The Morgan fingerprint density at radius 2 is 2.05 bits per heavy atom. The Morgan fingerprint density at radius 3 is 2.74 bits per heavy atom. The van der Waals surface area contributed by atoms with E-state index >= 15 is 0 Å². The molecule has 0 aromatic carbocycles. The monoisotopic (exact) mass is 262 g/mol. The Labute approximate surface area is 114 Å². The molecule has 19 heavy (non-hydrogen) atoms. The molecular weight excluding hydrogens is 240 g/mol. The molecule has 3 rings (SSSR count). The van der Waals surface area contributed by atoms with Gasteiger partial charge in [0, 0.05) is 24.2 Å². The Kier molecular flexibility index (Phi) is 3.55. The van der Waals surface area contributed by atoms with Crippen LogP contribution in [0.3, 0.4) is 0 Å². The van der Waals surface area contributed by atoms with Crippen molar-refractivity contribution < 1.29 is 4.74 Å². The van der Waals surface area contributed by atoms with Crippen LogP contribution in [0.1, 0.15) is 38.4 Å². The number of ether oxygens (including phenoxy) is 1. The van der Waals surface area contributed by atoms with Gasteiger partial charge in [-0.2, -0.15) is 4.98 Å². The fourth-order valence-corrected chi connectivity index (χ4v) is 3.22. The predicted octanol–water partition coefficient (Wildman–Crippen LogP) is 1.88. The number of piperidine rings is 1. The van der Waals surface area contributed by atoms with E-state index in [2.05, 4.69) is 20.6 Å². The summed E-state index contributed by atoms with van der Waals surface area (Å²) in [5.74, 6) is 2.31. The van der Waals surface area contributed by atoms with Crippen molar-refractivity contribution in [1.29, 1.82) is 0 Å². The summed E-state index contributed by atoms with van der Waals surface area (Å²) in [5.41, 5.74) is 0. The molecular formula is C14H22N4O. The zero-order valence-electron chi connectivity index (χ0n) is 11.6. The first kappa shape index (κ1) is 12.7. The lowest BCUT2D eigenvalue weighted by molar-refractivity contribution is 0.325. The first-order chi connectivity index (χ1) is 9.22. The molecule has 2 unspecified atom stereocenters. The highest BCUT2D eigenvalue weighted by Gasteiger charge is 2.33. The maximum atomic E-state index is 5.47. The molecule has 1 aromatic rings. The second-order valence-electron chi connectivity index (χ2n) is 5.52. The topological polar surface area (TPSA) is 59.1 Å². The highest BCUT2D eigenvalue weighted by atomic mass is 16.5. The van der Waals surface area contributed by atoms with Crippen LogP contribution in [0.25, 0.3) is 0 Å². The van der Waals surface area contributed by atoms with E-state index < -0.39 is 0 Å². The molecule has 2 saturated heterocycles. The third-order valence-corrected chi connectivity index (χ3v) is 3.93. The summed E-state index contributed by atoms with van der Waals surface area (Å²) in [5, 5.41) is 7.20. The van der Waals surface area contributed by atoms with Gasteiger partial charge in [0.2, 0.25) is 5.88 Å². The third kappa shape index (κ3) is 2.97. The highest BCUT2D eigenvalue weighted by Crippen LogP contribution is 2.28. The number of rotatable bonds is 4. The van der Waals surface area contributed by atoms with Crippen LogP contribution >= 0.6 is 0 Å². The molecule has 1 aromatic heterocycles. The molecule has 2 fully saturated rings. The van der Waals surface area contributed by atoms with Crippen LogP contribution < -0.4 is 15.4 Å². The van der Waals surface area contributed by atoms with Crippen LogP contribution in [0.4, 0.5) is 5.82 Å². The van der Waals surface area contributed by atoms with Gasteiger partial charge in [-0.3, -0.25) is 0 Å². The van der Waals surface area contributed by atoms with Gasteiger partial charge in [0.1, 0.15) is 11.6 Å². The van der Waals surface area contributed by atoms with E-state index in [1.165, 1.54) is 25.7 Å². The molecule has 0 aliphatic carbocycles. The fourth-order valence-electron chi connectivity index (χ4n) is 3.22. The number of hydrogen-bond donors (Lipinski definition) is 2. The van der Waals surface area contributed by atoms with Gasteiger partial charge in [0.25, 0.3) is 0 Å². The van der Waals surface area contributed by atoms with Gasteiger partial charge in [0.15, 0.2) is 0 Å². The van der Waals surface area contributed by atoms with E-state index in [4.69, 9.17) is 4.74 Å². The summed E-state index contributed by atoms with van der Waals surface area (Å²) in [6, 6.07) is 3.79. The number of nitrogens with zero attached hydrogens (tertiary/aromatic N) is 2. The number of hydrogen-bond acceptors (Lipinski definition) is 5. The highest BCUT2D eigenvalue weighted by molar-refractivity contribution is 5.39. The zero-order valence-corrected chi connectivity index (χ0v) is 11.6. The minimum atomic E-state index is 0.516. The zero-order chi connectivity index (χ0) is 13.2. The average molecular weight is 262 g/mol. The lowest BCUT2D eigenvalue weighted by atomic mass is 10.00. The Balaban J connectivity index is 1.68. The van der Waals surface area contributed by atoms with Gasteiger partial charge in [-0.1, -0.05) is 0 Å². The summed E-state index contributed by atoms with van der Waals surface area (Å²) in [7, 11) is 0. The normalized spacial score (nSPS) is 29.3. The largest absolute Gasteiger partial charge is 0.478 e. The van der Waals surface area contributed by atoms with Crippen molar-refractivity contribution in [2.24, 2.45) is 0 Å². The Morgan fingerprint density at radius 1 is 1.32 bits per heavy atom. The van der Waals surface area contributed by atoms with Crippen molar-refractivity contribution in [2.75, 3.05) is 11.9 Å². The van der Waals surface area contributed by atoms with Gasteiger partial charge in [-0.25, -0.2) is 4.98 Å². The first-order valence-electron chi connectivity index (χ1n) is 7.24. The van der Waals surface area contributed by atoms with Crippen LogP contribution in [-0.4, -0.2) is 34.7 Å². The van der Waals surface area contributed by atoms with Crippen LogP contribution in [0.5, 0.6) is 5.88 Å². The van der Waals surface area contributed by atoms with Crippen LogP contribution in [-0.2, 0) is 0 Å². The first-order valence-corrected chi connectivity index (χ1v) is 7.24. The molecule has 0 radical (unpaired) electrons. The lowest BCUT2D eigenvalue weighted by Gasteiger charge is -2.30. The van der Waals surface area contributed by atoms with Crippen LogP contribution in [0.15, 0.2) is 6.07 Å². The Hall–Kier alpha value is -1.36. The van der Waals surface area contributed by atoms with Crippen molar-refractivity contribution in [2.45, 2.75) is 57.7 Å². The van der Waals surface area contributed by atoms with E-state index in [1.54, 1.807) is 0 Å². The summed E-state index contributed by atoms with van der Waals surface area (Å²) in [4.78, 5) is 8.73. The lowest BCUT2D eigenvalue weighted by Crippen LogP contribution is -2.43. The Bertz CT molecular complexity index is 439. The van der Waals surface area contributed by atoms with Crippen molar-refractivity contribution in [3.05, 3.63) is 11.9 Å². The van der Waals surface area contributed by atoms with E-state index in [-0.39, 0.29) is 0 Å². The molecule has 2 aliphatic heterocycles. The summed E-state index contributed by atoms with van der Waals surface area (Å²) >= 11 is 0. The van der Waals surface area contributed by atoms with Gasteiger partial charge in [-0.05, 0) is 39.5 Å². The number of anilines is 1. The fraction of sp³-hybridized carbons (Fsp3) is 0.714. The quantitative estimate of drug-likeness (QED) is 0.867. The second kappa shape index (κ2) is 5.33. The number of aromatic nitrogens is 2. The molecule has 0 spiro atoms. The van der Waals surface area contributed by atoms with Crippen LogP contribution in [0, 0.1) is 6.92 Å². The van der Waals surface area contributed by atoms with Gasteiger partial charge in [0.05, 0.1) is 6.61 Å². The van der Waals surface area contributed by atoms with E-state index in [0.29, 0.717) is 30.6 Å². The minimum absolute atomic E-state index is 0.516. The molecule has 104 valence electrons. The SMILES string of the molecule is CCOc1cc(NC2CC3CCC(C2)N3)nc(C)n1. The van der Waals surface area contributed by atoms with Crippen molar-refractivity contribution >= 4 is 5.82 Å². The summed E-state index contributed by atoms with van der Waals surface area (Å²) < 4.78 is 5.47. The molecule has 2 bridgehead atoms. The maximum absolute atomic E-state index is 5.47. The maximum Gasteiger partial charge on any atom is 0.218 e. The minimum Gasteiger partial charge on any atom is -0.478 e. The number of aryl methyl sites for hydroxylation is 1. The molecule has 2 aliphatic rings. The molecule has 2 atom stereocenters. The smallest absolute Gasteiger partial charge is 0.218 e. The van der Waals surface area contributed by atoms with Crippen molar-refractivity contribution in [3.63, 3.8) is 0 Å². The third-order valence-electron chi connectivity index (χ3n) is 3.93. The van der Waals surface area contributed by atoms with Crippen molar-refractivity contribution in [1.82, 2.24) is 15.3 Å². The van der Waals surface area contributed by atoms with Gasteiger partial charge < -0.3 is 15.4 Å². The standard InChI is InChI=1S/C14H22N4O/c1-3-19-14-8-13(15-9(2)16-14)18-12-6-10-4-5-11(7-12)17-10/h8,10-12,17H,3-7H2,1-2H3,(H,15,16,18).